The van der Waals surface area contributed by atoms with Crippen LogP contribution in [0.3, 0.4) is 0 Å². The van der Waals surface area contributed by atoms with Crippen molar-refractivity contribution in [2.24, 2.45) is 0 Å². The van der Waals surface area contributed by atoms with Crippen LogP contribution in [0.1, 0.15) is 22.5 Å². The second kappa shape index (κ2) is 7.09. The molecule has 8 nitrogen and oxygen atoms in total. The Morgan fingerprint density at radius 3 is 3.08 bits per heavy atom. The molecule has 3 aromatic heterocycles. The number of ether oxygens (including phenoxy) is 2. The van der Waals surface area contributed by atoms with Gasteiger partial charge in [-0.1, -0.05) is 6.07 Å². The van der Waals surface area contributed by atoms with Crippen molar-refractivity contribution in [2.45, 2.75) is 25.5 Å². The first-order chi connectivity index (χ1) is 12.7. The zero-order chi connectivity index (χ0) is 17.9. The number of amides is 1. The average Bonchev–Trinajstić information content (AvgIpc) is 3.14. The number of rotatable bonds is 4. The average molecular weight is 353 g/mol. The third-order valence-electron chi connectivity index (χ3n) is 4.42. The van der Waals surface area contributed by atoms with Crippen molar-refractivity contribution in [3.63, 3.8) is 0 Å². The van der Waals surface area contributed by atoms with E-state index in [1.165, 1.54) is 0 Å². The summed E-state index contributed by atoms with van der Waals surface area (Å²) < 4.78 is 13.1. The van der Waals surface area contributed by atoms with Crippen LogP contribution in [0.5, 0.6) is 5.88 Å². The molecule has 1 N–H and O–H groups in total. The molecule has 1 aliphatic rings. The topological polar surface area (TPSA) is 90.6 Å². The molecular weight excluding hydrogens is 334 g/mol. The maximum absolute atomic E-state index is 12.8. The molecule has 1 amide bonds. The number of nitrogens with one attached hydrogen (secondary N) is 1. The Bertz CT molecular complexity index is 912. The molecule has 0 aromatic carbocycles. The quantitative estimate of drug-likeness (QED) is 0.762. The van der Waals surface area contributed by atoms with E-state index in [0.29, 0.717) is 36.7 Å². The van der Waals surface area contributed by atoms with Gasteiger partial charge in [-0.3, -0.25) is 4.79 Å². The molecule has 0 radical (unpaired) electrons. The second-order valence-corrected chi connectivity index (χ2v) is 6.13. The number of carbonyl (C=O) groups excluding carboxylic acids is 1. The van der Waals surface area contributed by atoms with Crippen LogP contribution in [0.15, 0.2) is 42.9 Å². The largest absolute Gasteiger partial charge is 0.472 e. The molecule has 134 valence electrons. The van der Waals surface area contributed by atoms with Crippen molar-refractivity contribution in [3.05, 3.63) is 54.1 Å². The second-order valence-electron chi connectivity index (χ2n) is 6.13. The van der Waals surface area contributed by atoms with Crippen LogP contribution in [0.2, 0.25) is 0 Å². The predicted molar refractivity (Wildman–Crippen MR) is 93.1 cm³/mol. The number of pyridine rings is 1. The van der Waals surface area contributed by atoms with Crippen LogP contribution in [0.4, 0.5) is 0 Å². The maximum atomic E-state index is 12.8. The van der Waals surface area contributed by atoms with E-state index in [-0.39, 0.29) is 18.1 Å². The molecule has 1 aliphatic heterocycles. The Hall–Kier alpha value is -3.00. The number of carbonyl (C=O) groups is 1. The van der Waals surface area contributed by atoms with Gasteiger partial charge in [0.1, 0.15) is 6.10 Å². The maximum Gasteiger partial charge on any atom is 0.255 e. The van der Waals surface area contributed by atoms with Crippen LogP contribution < -0.4 is 10.1 Å². The predicted octanol–water partition coefficient (Wildman–Crippen LogP) is 1.40. The standard InChI is InChI=1S/C18H19N5O3/c1-12-13(10-20-16-5-8-21-23(12)16)18(24)22-14-11-25-9-6-15(14)26-17-4-2-3-7-19-17/h2-5,7-8,10,14-15H,6,9,11H2,1H3,(H,22,24). The minimum Gasteiger partial charge on any atom is -0.472 e. The molecule has 1 saturated heterocycles. The number of fused-ring (bicyclic) bond motifs is 1. The van der Waals surface area contributed by atoms with Gasteiger partial charge >= 0.3 is 0 Å². The summed E-state index contributed by atoms with van der Waals surface area (Å²) in [5, 5.41) is 7.20. The summed E-state index contributed by atoms with van der Waals surface area (Å²) in [7, 11) is 0. The van der Waals surface area contributed by atoms with E-state index in [0.717, 1.165) is 5.69 Å². The Balaban J connectivity index is 1.51. The highest BCUT2D eigenvalue weighted by molar-refractivity contribution is 5.95. The van der Waals surface area contributed by atoms with E-state index in [1.54, 1.807) is 35.2 Å². The fourth-order valence-electron chi connectivity index (χ4n) is 3.03. The van der Waals surface area contributed by atoms with Gasteiger partial charge in [-0.05, 0) is 13.0 Å². The van der Waals surface area contributed by atoms with Gasteiger partial charge < -0.3 is 14.8 Å². The van der Waals surface area contributed by atoms with Crippen LogP contribution in [-0.2, 0) is 4.74 Å². The van der Waals surface area contributed by atoms with Crippen molar-refractivity contribution in [2.75, 3.05) is 13.2 Å². The van der Waals surface area contributed by atoms with Crippen molar-refractivity contribution in [3.8, 4) is 5.88 Å². The third kappa shape index (κ3) is 3.23. The first-order valence-electron chi connectivity index (χ1n) is 8.48. The Morgan fingerprint density at radius 1 is 1.31 bits per heavy atom. The summed E-state index contributed by atoms with van der Waals surface area (Å²) >= 11 is 0. The molecule has 1 fully saturated rings. The molecule has 0 bridgehead atoms. The summed E-state index contributed by atoms with van der Waals surface area (Å²) in [6, 6.07) is 7.01. The summed E-state index contributed by atoms with van der Waals surface area (Å²) in [6.07, 6.45) is 5.38. The lowest BCUT2D eigenvalue weighted by Crippen LogP contribution is -2.52. The van der Waals surface area contributed by atoms with Gasteiger partial charge in [-0.25, -0.2) is 14.5 Å². The SMILES string of the molecule is Cc1c(C(=O)NC2COCCC2Oc2ccccn2)cnc2ccnn12. The van der Waals surface area contributed by atoms with Gasteiger partial charge in [-0.15, -0.1) is 0 Å². The monoisotopic (exact) mass is 353 g/mol. The van der Waals surface area contributed by atoms with Crippen LogP contribution in [0.25, 0.3) is 5.65 Å². The van der Waals surface area contributed by atoms with E-state index < -0.39 is 0 Å². The molecule has 0 aliphatic carbocycles. The van der Waals surface area contributed by atoms with Crippen molar-refractivity contribution in [1.29, 1.82) is 0 Å². The van der Waals surface area contributed by atoms with E-state index in [9.17, 15) is 4.79 Å². The third-order valence-corrected chi connectivity index (χ3v) is 4.42. The highest BCUT2D eigenvalue weighted by Gasteiger charge is 2.30. The molecule has 2 atom stereocenters. The van der Waals surface area contributed by atoms with Crippen molar-refractivity contribution in [1.82, 2.24) is 24.9 Å². The van der Waals surface area contributed by atoms with Gasteiger partial charge in [-0.2, -0.15) is 5.10 Å². The minimum atomic E-state index is -0.272. The molecule has 3 aromatic rings. The summed E-state index contributed by atoms with van der Waals surface area (Å²) in [6.45, 7) is 2.82. The first kappa shape index (κ1) is 16.5. The van der Waals surface area contributed by atoms with Crippen LogP contribution >= 0.6 is 0 Å². The highest BCUT2D eigenvalue weighted by atomic mass is 16.5. The van der Waals surface area contributed by atoms with Crippen molar-refractivity contribution >= 4 is 11.6 Å². The fourth-order valence-corrected chi connectivity index (χ4v) is 3.03. The molecule has 4 heterocycles. The molecule has 2 unspecified atom stereocenters. The summed E-state index contributed by atoms with van der Waals surface area (Å²) in [5.41, 5.74) is 1.91. The zero-order valence-electron chi connectivity index (χ0n) is 14.3. The zero-order valence-corrected chi connectivity index (χ0v) is 14.3. The Morgan fingerprint density at radius 2 is 2.23 bits per heavy atom. The highest BCUT2D eigenvalue weighted by Crippen LogP contribution is 2.17. The van der Waals surface area contributed by atoms with Gasteiger partial charge in [0.05, 0.1) is 36.7 Å². The van der Waals surface area contributed by atoms with Crippen LogP contribution in [-0.4, -0.2) is 50.8 Å². The molecule has 8 heteroatoms. The molecular formula is C18H19N5O3. The number of hydrogen-bond donors (Lipinski definition) is 1. The molecule has 26 heavy (non-hydrogen) atoms. The summed E-state index contributed by atoms with van der Waals surface area (Å²) in [5.74, 6) is 0.312. The summed E-state index contributed by atoms with van der Waals surface area (Å²) in [4.78, 5) is 21.2. The number of hydrogen-bond acceptors (Lipinski definition) is 6. The van der Waals surface area contributed by atoms with Gasteiger partial charge in [0.15, 0.2) is 5.65 Å². The molecule has 0 spiro atoms. The van der Waals surface area contributed by atoms with E-state index in [2.05, 4.69) is 20.4 Å². The lowest BCUT2D eigenvalue weighted by atomic mass is 10.1. The lowest BCUT2D eigenvalue weighted by molar-refractivity contribution is -0.00450. The molecule has 4 rings (SSSR count). The van der Waals surface area contributed by atoms with E-state index >= 15 is 0 Å². The minimum absolute atomic E-state index is 0.204. The van der Waals surface area contributed by atoms with E-state index in [1.807, 2.05) is 19.1 Å². The number of nitrogens with zero attached hydrogens (tertiary/aromatic N) is 4. The first-order valence-corrected chi connectivity index (χ1v) is 8.48. The van der Waals surface area contributed by atoms with Gasteiger partial charge in [0.2, 0.25) is 5.88 Å². The number of aromatic nitrogens is 4. The van der Waals surface area contributed by atoms with Crippen LogP contribution in [0, 0.1) is 6.92 Å². The fraction of sp³-hybridized carbons (Fsp3) is 0.333. The lowest BCUT2D eigenvalue weighted by Gasteiger charge is -2.32. The Labute approximate surface area is 150 Å². The van der Waals surface area contributed by atoms with Gasteiger partial charge in [0, 0.05) is 30.9 Å². The van der Waals surface area contributed by atoms with Gasteiger partial charge in [0.25, 0.3) is 5.91 Å². The Kier molecular flexibility index (Phi) is 4.49. The molecule has 0 saturated carbocycles. The smallest absolute Gasteiger partial charge is 0.255 e. The normalized spacial score (nSPS) is 20.0. The number of aryl methyl sites for hydroxylation is 1. The van der Waals surface area contributed by atoms with Crippen molar-refractivity contribution < 1.29 is 14.3 Å². The van der Waals surface area contributed by atoms with E-state index in [4.69, 9.17) is 9.47 Å².